The largest absolute Gasteiger partial charge is 0.373 e. The fourth-order valence-corrected chi connectivity index (χ4v) is 3.70. The SMILES string of the molecule is C[C@H]1CN(Cc2ccc(C(=O)Nc3cccnc3-n3cccn3)cc2)C[C@H](C)O1. The summed E-state index contributed by atoms with van der Waals surface area (Å²) < 4.78 is 7.42. The Balaban J connectivity index is 1.43. The van der Waals surface area contributed by atoms with Crippen LogP contribution in [0.2, 0.25) is 0 Å². The summed E-state index contributed by atoms with van der Waals surface area (Å²) in [6.07, 6.45) is 5.63. The summed E-state index contributed by atoms with van der Waals surface area (Å²) in [4.78, 5) is 19.4. The van der Waals surface area contributed by atoms with Gasteiger partial charge in [0.25, 0.3) is 5.91 Å². The molecule has 1 fully saturated rings. The summed E-state index contributed by atoms with van der Waals surface area (Å²) in [6, 6.07) is 13.2. The van der Waals surface area contributed by atoms with Gasteiger partial charge in [0.2, 0.25) is 0 Å². The number of hydrogen-bond acceptors (Lipinski definition) is 5. The van der Waals surface area contributed by atoms with E-state index >= 15 is 0 Å². The molecule has 1 N–H and O–H groups in total. The van der Waals surface area contributed by atoms with Gasteiger partial charge in [-0.15, -0.1) is 0 Å². The van der Waals surface area contributed by atoms with Crippen LogP contribution in [0, 0.1) is 0 Å². The van der Waals surface area contributed by atoms with Crippen LogP contribution in [-0.2, 0) is 11.3 Å². The van der Waals surface area contributed by atoms with Crippen molar-refractivity contribution in [1.29, 1.82) is 0 Å². The zero-order valence-corrected chi connectivity index (χ0v) is 16.7. The van der Waals surface area contributed by atoms with E-state index in [0.717, 1.165) is 19.6 Å². The van der Waals surface area contributed by atoms with E-state index in [1.807, 2.05) is 36.4 Å². The third kappa shape index (κ3) is 4.70. The number of morpholine rings is 1. The minimum Gasteiger partial charge on any atom is -0.373 e. The van der Waals surface area contributed by atoms with Gasteiger partial charge in [-0.3, -0.25) is 9.69 Å². The molecule has 1 saturated heterocycles. The van der Waals surface area contributed by atoms with Crippen LogP contribution in [-0.4, -0.2) is 50.9 Å². The highest BCUT2D eigenvalue weighted by atomic mass is 16.5. The van der Waals surface area contributed by atoms with E-state index < -0.39 is 0 Å². The fraction of sp³-hybridized carbons (Fsp3) is 0.318. The minimum absolute atomic E-state index is 0.174. The molecule has 0 unspecified atom stereocenters. The molecule has 7 nitrogen and oxygen atoms in total. The maximum Gasteiger partial charge on any atom is 0.255 e. The van der Waals surface area contributed by atoms with Gasteiger partial charge in [-0.1, -0.05) is 12.1 Å². The van der Waals surface area contributed by atoms with Crippen LogP contribution in [0.1, 0.15) is 29.8 Å². The Labute approximate surface area is 170 Å². The van der Waals surface area contributed by atoms with Gasteiger partial charge < -0.3 is 10.1 Å². The van der Waals surface area contributed by atoms with Crippen LogP contribution in [0.25, 0.3) is 5.82 Å². The highest BCUT2D eigenvalue weighted by Gasteiger charge is 2.22. The van der Waals surface area contributed by atoms with Gasteiger partial charge in [0.15, 0.2) is 5.82 Å². The van der Waals surface area contributed by atoms with E-state index in [1.54, 1.807) is 29.3 Å². The number of carbonyl (C=O) groups excluding carboxylic acids is 1. The van der Waals surface area contributed by atoms with Gasteiger partial charge in [-0.2, -0.15) is 5.10 Å². The Morgan fingerprint density at radius 3 is 2.55 bits per heavy atom. The molecule has 7 heteroatoms. The van der Waals surface area contributed by atoms with Crippen LogP contribution in [0.5, 0.6) is 0 Å². The quantitative estimate of drug-likeness (QED) is 0.723. The number of carbonyl (C=O) groups is 1. The van der Waals surface area contributed by atoms with Crippen LogP contribution in [0.3, 0.4) is 0 Å². The first-order valence-electron chi connectivity index (χ1n) is 9.81. The lowest BCUT2D eigenvalue weighted by molar-refractivity contribution is -0.0704. The van der Waals surface area contributed by atoms with Gasteiger partial charge in [0.05, 0.1) is 17.9 Å². The fourth-order valence-electron chi connectivity index (χ4n) is 3.70. The molecule has 0 saturated carbocycles. The maximum atomic E-state index is 12.7. The normalized spacial score (nSPS) is 19.8. The maximum absolute atomic E-state index is 12.7. The molecule has 1 aliphatic heterocycles. The first-order chi connectivity index (χ1) is 14.1. The van der Waals surface area contributed by atoms with E-state index in [1.165, 1.54) is 5.56 Å². The number of aromatic nitrogens is 3. The summed E-state index contributed by atoms with van der Waals surface area (Å²) >= 11 is 0. The molecule has 2 aromatic heterocycles. The molecule has 0 bridgehead atoms. The Morgan fingerprint density at radius 2 is 1.86 bits per heavy atom. The summed E-state index contributed by atoms with van der Waals surface area (Å²) in [5, 5.41) is 7.13. The van der Waals surface area contributed by atoms with E-state index in [0.29, 0.717) is 17.1 Å². The summed E-state index contributed by atoms with van der Waals surface area (Å²) in [5.74, 6) is 0.407. The number of ether oxygens (including phenoxy) is 1. The van der Waals surface area contributed by atoms with Gasteiger partial charge >= 0.3 is 0 Å². The third-order valence-electron chi connectivity index (χ3n) is 4.87. The van der Waals surface area contributed by atoms with Crippen molar-refractivity contribution < 1.29 is 9.53 Å². The number of nitrogens with zero attached hydrogens (tertiary/aromatic N) is 4. The molecular weight excluding hydrogens is 366 g/mol. The molecule has 150 valence electrons. The first-order valence-corrected chi connectivity index (χ1v) is 9.81. The van der Waals surface area contributed by atoms with Crippen molar-refractivity contribution in [1.82, 2.24) is 19.7 Å². The van der Waals surface area contributed by atoms with E-state index in [9.17, 15) is 4.79 Å². The van der Waals surface area contributed by atoms with Crippen LogP contribution >= 0.6 is 0 Å². The van der Waals surface area contributed by atoms with Crippen molar-refractivity contribution in [3.8, 4) is 5.82 Å². The monoisotopic (exact) mass is 391 g/mol. The number of rotatable bonds is 5. The molecule has 1 aromatic carbocycles. The van der Waals surface area contributed by atoms with E-state index in [2.05, 4.69) is 34.1 Å². The number of benzene rings is 1. The first kappa shape index (κ1) is 19.3. The number of anilines is 1. The lowest BCUT2D eigenvalue weighted by Crippen LogP contribution is -2.44. The lowest BCUT2D eigenvalue weighted by Gasteiger charge is -2.35. The molecule has 4 rings (SSSR count). The highest BCUT2D eigenvalue weighted by molar-refractivity contribution is 6.05. The van der Waals surface area contributed by atoms with Crippen LogP contribution in [0.15, 0.2) is 61.1 Å². The van der Waals surface area contributed by atoms with Gasteiger partial charge in [-0.25, -0.2) is 9.67 Å². The summed E-state index contributed by atoms with van der Waals surface area (Å²) in [5.41, 5.74) is 2.40. The Bertz CT molecular complexity index is 946. The van der Waals surface area contributed by atoms with Crippen molar-refractivity contribution in [2.45, 2.75) is 32.6 Å². The molecule has 29 heavy (non-hydrogen) atoms. The second kappa shape index (κ2) is 8.55. The molecular formula is C22H25N5O2. The Kier molecular flexibility index (Phi) is 5.69. The lowest BCUT2D eigenvalue weighted by atomic mass is 10.1. The molecule has 3 aromatic rings. The van der Waals surface area contributed by atoms with Crippen molar-refractivity contribution in [2.75, 3.05) is 18.4 Å². The number of hydrogen-bond donors (Lipinski definition) is 1. The van der Waals surface area contributed by atoms with Crippen LogP contribution < -0.4 is 5.32 Å². The molecule has 3 heterocycles. The smallest absolute Gasteiger partial charge is 0.255 e. The second-order valence-corrected chi connectivity index (χ2v) is 7.43. The third-order valence-corrected chi connectivity index (χ3v) is 4.87. The van der Waals surface area contributed by atoms with Crippen molar-refractivity contribution >= 4 is 11.6 Å². The second-order valence-electron chi connectivity index (χ2n) is 7.43. The molecule has 1 amide bonds. The molecule has 0 radical (unpaired) electrons. The van der Waals surface area contributed by atoms with Crippen LogP contribution in [0.4, 0.5) is 5.69 Å². The predicted molar refractivity (Wildman–Crippen MR) is 111 cm³/mol. The molecule has 0 spiro atoms. The van der Waals surface area contributed by atoms with Crippen molar-refractivity contribution in [3.05, 3.63) is 72.2 Å². The number of pyridine rings is 1. The van der Waals surface area contributed by atoms with E-state index in [-0.39, 0.29) is 18.1 Å². The zero-order valence-electron chi connectivity index (χ0n) is 16.7. The zero-order chi connectivity index (χ0) is 20.2. The predicted octanol–water partition coefficient (Wildman–Crippen LogP) is 3.13. The standard InChI is InChI=1S/C22H25N5O2/c1-16-13-26(14-17(2)29-16)15-18-6-8-19(9-7-18)22(28)25-20-5-3-10-23-21(20)27-12-4-11-24-27/h3-12,16-17H,13-15H2,1-2H3,(H,25,28)/t16-,17-/m0/s1. The summed E-state index contributed by atoms with van der Waals surface area (Å²) in [6.45, 7) is 6.90. The average molecular weight is 391 g/mol. The van der Waals surface area contributed by atoms with Gasteiger partial charge in [0, 0.05) is 43.8 Å². The molecule has 2 atom stereocenters. The summed E-state index contributed by atoms with van der Waals surface area (Å²) in [7, 11) is 0. The minimum atomic E-state index is -0.174. The van der Waals surface area contributed by atoms with Gasteiger partial charge in [0.1, 0.15) is 0 Å². The number of amides is 1. The van der Waals surface area contributed by atoms with E-state index in [4.69, 9.17) is 4.74 Å². The topological polar surface area (TPSA) is 72.3 Å². The highest BCUT2D eigenvalue weighted by Crippen LogP contribution is 2.18. The van der Waals surface area contributed by atoms with Crippen molar-refractivity contribution in [2.24, 2.45) is 0 Å². The Hall–Kier alpha value is -3.03. The molecule has 0 aliphatic carbocycles. The van der Waals surface area contributed by atoms with Crippen molar-refractivity contribution in [3.63, 3.8) is 0 Å². The number of nitrogens with one attached hydrogen (secondary N) is 1. The molecule has 1 aliphatic rings. The Morgan fingerprint density at radius 1 is 1.10 bits per heavy atom. The average Bonchev–Trinajstić information content (AvgIpc) is 3.23. The van der Waals surface area contributed by atoms with Gasteiger partial charge in [-0.05, 0) is 49.7 Å².